The van der Waals surface area contributed by atoms with Crippen LogP contribution in [-0.4, -0.2) is 31.6 Å². The van der Waals surface area contributed by atoms with Crippen molar-refractivity contribution >= 4 is 22.8 Å². The topological polar surface area (TPSA) is 117 Å². The van der Waals surface area contributed by atoms with E-state index in [4.69, 9.17) is 5.73 Å². The van der Waals surface area contributed by atoms with Gasteiger partial charge in [-0.05, 0) is 57.7 Å². The van der Waals surface area contributed by atoms with Crippen molar-refractivity contribution in [2.75, 3.05) is 5.32 Å². The zero-order valence-corrected chi connectivity index (χ0v) is 16.3. The Morgan fingerprint density at radius 3 is 2.62 bits per heavy atom. The number of halogens is 1. The number of benzene rings is 1. The Kier molecular flexibility index (Phi) is 3.59. The highest BCUT2D eigenvalue weighted by atomic mass is 19.1. The van der Waals surface area contributed by atoms with E-state index < -0.39 is 17.3 Å². The van der Waals surface area contributed by atoms with Gasteiger partial charge in [-0.25, -0.2) is 19.2 Å². The van der Waals surface area contributed by atoms with Gasteiger partial charge in [-0.3, -0.25) is 0 Å². The summed E-state index contributed by atoms with van der Waals surface area (Å²) in [4.78, 5) is 24.1. The standard InChI is InChI=1S/C21H22FN5O2/c1-10-18(27-20(2)5-6-20)26-16-13(24-10)4-3-12(22)15(16)14-9-11(19(28)29)17(25-14)21(23)7-8-21/h3-4,9,25H,5-8,23H2,1-2H3,(H,26,27)(H,28,29). The highest BCUT2D eigenvalue weighted by Gasteiger charge is 2.44. The van der Waals surface area contributed by atoms with Crippen LogP contribution < -0.4 is 11.1 Å². The smallest absolute Gasteiger partial charge is 0.337 e. The molecule has 3 aromatic rings. The van der Waals surface area contributed by atoms with Gasteiger partial charge in [0.05, 0.1) is 39.3 Å². The number of carboxylic acid groups (broad SMARTS) is 1. The van der Waals surface area contributed by atoms with Crippen molar-refractivity contribution in [1.82, 2.24) is 15.0 Å². The number of nitrogens with zero attached hydrogens (tertiary/aromatic N) is 2. The number of aryl methyl sites for hydroxylation is 1. The van der Waals surface area contributed by atoms with E-state index in [1.54, 1.807) is 6.07 Å². The van der Waals surface area contributed by atoms with Crippen LogP contribution in [0.4, 0.5) is 10.2 Å². The van der Waals surface area contributed by atoms with E-state index in [2.05, 4.69) is 27.2 Å². The molecule has 8 heteroatoms. The van der Waals surface area contributed by atoms with Crippen molar-refractivity contribution in [2.45, 2.75) is 50.6 Å². The van der Waals surface area contributed by atoms with Gasteiger partial charge in [-0.2, -0.15) is 0 Å². The van der Waals surface area contributed by atoms with Crippen molar-refractivity contribution < 1.29 is 14.3 Å². The largest absolute Gasteiger partial charge is 0.478 e. The Hall–Kier alpha value is -3.00. The third-order valence-electron chi connectivity index (χ3n) is 5.98. The van der Waals surface area contributed by atoms with Crippen LogP contribution in [-0.2, 0) is 5.54 Å². The van der Waals surface area contributed by atoms with Crippen molar-refractivity contribution in [2.24, 2.45) is 5.73 Å². The monoisotopic (exact) mass is 395 g/mol. The molecule has 0 atom stereocenters. The Labute approximate surface area is 166 Å². The average Bonchev–Trinajstić information content (AvgIpc) is 3.53. The van der Waals surface area contributed by atoms with Crippen LogP contribution in [0.15, 0.2) is 18.2 Å². The summed E-state index contributed by atoms with van der Waals surface area (Å²) in [5.74, 6) is -0.969. The maximum atomic E-state index is 15.0. The van der Waals surface area contributed by atoms with Crippen LogP contribution >= 0.6 is 0 Å². The van der Waals surface area contributed by atoms with Gasteiger partial charge in [0.1, 0.15) is 17.2 Å². The van der Waals surface area contributed by atoms with Gasteiger partial charge in [0.2, 0.25) is 0 Å². The maximum absolute atomic E-state index is 15.0. The number of carbonyl (C=O) groups is 1. The molecule has 5 rings (SSSR count). The molecule has 0 unspecified atom stereocenters. The normalized spacial score (nSPS) is 18.6. The second-order valence-corrected chi connectivity index (χ2v) is 8.57. The first-order chi connectivity index (χ1) is 13.7. The van der Waals surface area contributed by atoms with Crippen molar-refractivity contribution in [3.05, 3.63) is 41.0 Å². The van der Waals surface area contributed by atoms with E-state index >= 15 is 0 Å². The molecule has 2 aliphatic rings. The fraction of sp³-hybridized carbons (Fsp3) is 0.381. The third-order valence-corrected chi connectivity index (χ3v) is 5.98. The molecular weight excluding hydrogens is 373 g/mol. The predicted octanol–water partition coefficient (Wildman–Crippen LogP) is 3.68. The average molecular weight is 395 g/mol. The van der Waals surface area contributed by atoms with Gasteiger partial charge < -0.3 is 21.1 Å². The summed E-state index contributed by atoms with van der Waals surface area (Å²) >= 11 is 0. The molecule has 0 amide bonds. The van der Waals surface area contributed by atoms with Crippen LogP contribution in [0.3, 0.4) is 0 Å². The maximum Gasteiger partial charge on any atom is 0.337 e. The predicted molar refractivity (Wildman–Crippen MR) is 107 cm³/mol. The Morgan fingerprint density at radius 2 is 2.00 bits per heavy atom. The lowest BCUT2D eigenvalue weighted by atomic mass is 10.1. The van der Waals surface area contributed by atoms with Gasteiger partial charge in [0.15, 0.2) is 0 Å². The van der Waals surface area contributed by atoms with Crippen molar-refractivity contribution in [3.63, 3.8) is 0 Å². The number of aromatic amines is 1. The first-order valence-corrected chi connectivity index (χ1v) is 9.70. The highest BCUT2D eigenvalue weighted by molar-refractivity contribution is 5.96. The first-order valence-electron chi connectivity index (χ1n) is 9.70. The molecule has 5 N–H and O–H groups in total. The number of H-pyrrole nitrogens is 1. The van der Waals surface area contributed by atoms with Crippen LogP contribution in [0.5, 0.6) is 0 Å². The minimum Gasteiger partial charge on any atom is -0.478 e. The summed E-state index contributed by atoms with van der Waals surface area (Å²) in [5, 5.41) is 13.0. The van der Waals surface area contributed by atoms with E-state index in [9.17, 15) is 14.3 Å². The third kappa shape index (κ3) is 2.95. The molecule has 2 saturated carbocycles. The number of hydrogen-bond donors (Lipinski definition) is 4. The summed E-state index contributed by atoms with van der Waals surface area (Å²) in [6, 6.07) is 4.36. The summed E-state index contributed by atoms with van der Waals surface area (Å²) in [7, 11) is 0. The van der Waals surface area contributed by atoms with Crippen LogP contribution in [0, 0.1) is 12.7 Å². The first kappa shape index (κ1) is 18.1. The molecule has 1 aromatic carbocycles. The van der Waals surface area contributed by atoms with Gasteiger partial charge in [0.25, 0.3) is 0 Å². The number of nitrogens with two attached hydrogens (primary N) is 1. The molecule has 2 aliphatic carbocycles. The highest BCUT2D eigenvalue weighted by Crippen LogP contribution is 2.45. The summed E-state index contributed by atoms with van der Waals surface area (Å²) in [5.41, 5.74) is 8.27. The number of nitrogens with one attached hydrogen (secondary N) is 2. The number of aromatic nitrogens is 3. The fourth-order valence-electron chi connectivity index (χ4n) is 3.69. The molecule has 150 valence electrons. The summed E-state index contributed by atoms with van der Waals surface area (Å²) in [6.45, 7) is 3.97. The molecular formula is C21H22FN5O2. The molecule has 0 aliphatic heterocycles. The van der Waals surface area contributed by atoms with E-state index in [0.717, 1.165) is 18.5 Å². The molecule has 2 fully saturated rings. The summed E-state index contributed by atoms with van der Waals surface area (Å²) < 4.78 is 15.0. The zero-order valence-electron chi connectivity index (χ0n) is 16.3. The molecule has 29 heavy (non-hydrogen) atoms. The summed E-state index contributed by atoms with van der Waals surface area (Å²) in [6.07, 6.45) is 3.47. The molecule has 2 aromatic heterocycles. The van der Waals surface area contributed by atoms with Crippen LogP contribution in [0.2, 0.25) is 0 Å². The fourth-order valence-corrected chi connectivity index (χ4v) is 3.69. The van der Waals surface area contributed by atoms with Gasteiger partial charge >= 0.3 is 5.97 Å². The van der Waals surface area contributed by atoms with Gasteiger partial charge in [0, 0.05) is 5.54 Å². The molecule has 7 nitrogen and oxygen atoms in total. The molecule has 0 saturated heterocycles. The van der Waals surface area contributed by atoms with Crippen LogP contribution in [0.25, 0.3) is 22.3 Å². The van der Waals surface area contributed by atoms with Gasteiger partial charge in [-0.1, -0.05) is 0 Å². The van der Waals surface area contributed by atoms with E-state index in [1.807, 2.05) is 6.92 Å². The van der Waals surface area contributed by atoms with Crippen molar-refractivity contribution in [1.29, 1.82) is 0 Å². The lowest BCUT2D eigenvalue weighted by Crippen LogP contribution is -2.22. The van der Waals surface area contributed by atoms with E-state index in [1.165, 1.54) is 12.1 Å². The number of carboxylic acids is 1. The number of anilines is 1. The van der Waals surface area contributed by atoms with E-state index in [-0.39, 0.29) is 16.7 Å². The number of rotatable bonds is 5. The zero-order chi connectivity index (χ0) is 20.6. The second-order valence-electron chi connectivity index (χ2n) is 8.57. The van der Waals surface area contributed by atoms with E-state index in [0.29, 0.717) is 41.1 Å². The van der Waals surface area contributed by atoms with Crippen LogP contribution in [0.1, 0.15) is 54.4 Å². The quantitative estimate of drug-likeness (QED) is 0.524. The molecule has 0 spiro atoms. The lowest BCUT2D eigenvalue weighted by molar-refractivity contribution is 0.0695. The van der Waals surface area contributed by atoms with Gasteiger partial charge in [-0.15, -0.1) is 0 Å². The Balaban J connectivity index is 1.71. The molecule has 2 heterocycles. The number of fused-ring (bicyclic) bond motifs is 1. The number of hydrogen-bond acceptors (Lipinski definition) is 5. The minimum absolute atomic E-state index is 0.00537. The SMILES string of the molecule is Cc1nc2ccc(F)c(-c3cc(C(=O)O)c(C4(N)CC4)[nH]3)c2nc1NC1(C)CC1. The van der Waals surface area contributed by atoms with Crippen molar-refractivity contribution in [3.8, 4) is 11.3 Å². The Morgan fingerprint density at radius 1 is 1.28 bits per heavy atom. The second kappa shape index (κ2) is 5.76. The molecule has 0 bridgehead atoms. The lowest BCUT2D eigenvalue weighted by Gasteiger charge is -2.16. The number of aromatic carboxylic acids is 1. The Bertz CT molecular complexity index is 1180. The minimum atomic E-state index is -1.09. The molecule has 0 radical (unpaired) electrons.